The van der Waals surface area contributed by atoms with Crippen LogP contribution >= 0.6 is 0 Å². The molecule has 2 rings (SSSR count). The van der Waals surface area contributed by atoms with Crippen LogP contribution in [0.1, 0.15) is 12.0 Å². The molecule has 0 amide bonds. The quantitative estimate of drug-likeness (QED) is 0.881. The minimum Gasteiger partial charge on any atom is -0.347 e. The van der Waals surface area contributed by atoms with E-state index in [1.54, 1.807) is 12.3 Å². The van der Waals surface area contributed by atoms with Gasteiger partial charge in [-0.15, -0.1) is 0 Å². The molecule has 0 bridgehead atoms. The second-order valence-corrected chi connectivity index (χ2v) is 3.92. The van der Waals surface area contributed by atoms with E-state index < -0.39 is 11.7 Å². The number of fused-ring (bicyclic) bond motifs is 1. The second kappa shape index (κ2) is 4.41. The molecule has 0 atom stereocenters. The van der Waals surface area contributed by atoms with Crippen molar-refractivity contribution in [3.8, 4) is 0 Å². The van der Waals surface area contributed by atoms with E-state index in [1.165, 1.54) is 12.1 Å². The molecule has 0 aliphatic rings. The molecule has 0 saturated carbocycles. The summed E-state index contributed by atoms with van der Waals surface area (Å²) >= 11 is 0. The number of rotatable bonds is 3. The molecular formula is C12H13F3N2. The summed E-state index contributed by atoms with van der Waals surface area (Å²) in [6.45, 7) is 1.30. The van der Waals surface area contributed by atoms with Crippen LogP contribution in [-0.2, 0) is 12.7 Å². The molecular weight excluding hydrogens is 229 g/mol. The highest BCUT2D eigenvalue weighted by Gasteiger charge is 2.30. The molecule has 2 aromatic rings. The van der Waals surface area contributed by atoms with Gasteiger partial charge in [0.2, 0.25) is 0 Å². The predicted octanol–water partition coefficient (Wildman–Crippen LogP) is 3.01. The van der Waals surface area contributed by atoms with Crippen LogP contribution in [0, 0.1) is 0 Å². The molecule has 0 aliphatic heterocycles. The monoisotopic (exact) mass is 242 g/mol. The number of halogens is 3. The van der Waals surface area contributed by atoms with E-state index in [4.69, 9.17) is 5.73 Å². The maximum absolute atomic E-state index is 12.5. The lowest BCUT2D eigenvalue weighted by molar-refractivity contribution is -0.137. The van der Waals surface area contributed by atoms with Crippen LogP contribution in [0.4, 0.5) is 13.2 Å². The Labute approximate surface area is 96.8 Å². The first-order chi connectivity index (χ1) is 8.02. The third kappa shape index (κ3) is 2.44. The van der Waals surface area contributed by atoms with Crippen molar-refractivity contribution in [1.82, 2.24) is 4.57 Å². The summed E-state index contributed by atoms with van der Waals surface area (Å²) in [7, 11) is 0. The summed E-state index contributed by atoms with van der Waals surface area (Å²) in [6.07, 6.45) is -1.68. The van der Waals surface area contributed by atoms with Crippen molar-refractivity contribution >= 4 is 10.9 Å². The number of nitrogens with two attached hydrogens (primary N) is 1. The summed E-state index contributed by atoms with van der Waals surface area (Å²) in [5.41, 5.74) is 5.61. The molecule has 92 valence electrons. The highest BCUT2D eigenvalue weighted by molar-refractivity contribution is 5.81. The fourth-order valence-electron chi connectivity index (χ4n) is 1.83. The molecule has 0 fully saturated rings. The van der Waals surface area contributed by atoms with E-state index in [2.05, 4.69) is 0 Å². The largest absolute Gasteiger partial charge is 0.416 e. The van der Waals surface area contributed by atoms with Gasteiger partial charge in [0.15, 0.2) is 0 Å². The van der Waals surface area contributed by atoms with Crippen molar-refractivity contribution in [1.29, 1.82) is 0 Å². The lowest BCUT2D eigenvalue weighted by Gasteiger charge is -2.08. The number of aromatic nitrogens is 1. The van der Waals surface area contributed by atoms with Crippen LogP contribution in [0.2, 0.25) is 0 Å². The smallest absolute Gasteiger partial charge is 0.347 e. The maximum Gasteiger partial charge on any atom is 0.416 e. The fourth-order valence-corrected chi connectivity index (χ4v) is 1.83. The van der Waals surface area contributed by atoms with Gasteiger partial charge in [-0.25, -0.2) is 0 Å². The van der Waals surface area contributed by atoms with E-state index in [1.807, 2.05) is 4.57 Å². The first kappa shape index (κ1) is 12.0. The lowest BCUT2D eigenvalue weighted by atomic mass is 10.1. The molecule has 0 radical (unpaired) electrons. The SMILES string of the molecule is NCCCn1ccc2cc(C(F)(F)F)ccc21. The van der Waals surface area contributed by atoms with Gasteiger partial charge >= 0.3 is 6.18 Å². The summed E-state index contributed by atoms with van der Waals surface area (Å²) in [6, 6.07) is 5.49. The zero-order valence-electron chi connectivity index (χ0n) is 9.17. The van der Waals surface area contributed by atoms with Crippen LogP contribution in [0.25, 0.3) is 10.9 Å². The number of hydrogen-bond acceptors (Lipinski definition) is 1. The normalized spacial score (nSPS) is 12.2. The number of benzene rings is 1. The Morgan fingerprint density at radius 1 is 1.18 bits per heavy atom. The highest BCUT2D eigenvalue weighted by Crippen LogP contribution is 2.31. The number of nitrogens with zero attached hydrogens (tertiary/aromatic N) is 1. The molecule has 0 aliphatic carbocycles. The Morgan fingerprint density at radius 2 is 1.94 bits per heavy atom. The van der Waals surface area contributed by atoms with Crippen molar-refractivity contribution in [2.24, 2.45) is 5.73 Å². The van der Waals surface area contributed by atoms with Crippen LogP contribution in [0.15, 0.2) is 30.5 Å². The van der Waals surface area contributed by atoms with Gasteiger partial charge in [0.1, 0.15) is 0 Å². The van der Waals surface area contributed by atoms with Crippen LogP contribution in [0.5, 0.6) is 0 Å². The van der Waals surface area contributed by atoms with Crippen molar-refractivity contribution in [3.05, 3.63) is 36.0 Å². The molecule has 1 aromatic heterocycles. The first-order valence-corrected chi connectivity index (χ1v) is 5.38. The lowest BCUT2D eigenvalue weighted by Crippen LogP contribution is -2.06. The van der Waals surface area contributed by atoms with Crippen LogP contribution in [0.3, 0.4) is 0 Å². The molecule has 1 aromatic carbocycles. The zero-order valence-corrected chi connectivity index (χ0v) is 9.17. The van der Waals surface area contributed by atoms with E-state index in [9.17, 15) is 13.2 Å². The Kier molecular flexibility index (Phi) is 3.11. The molecule has 2 nitrogen and oxygen atoms in total. The number of alkyl halides is 3. The molecule has 5 heteroatoms. The van der Waals surface area contributed by atoms with Gasteiger partial charge in [-0.2, -0.15) is 13.2 Å². The van der Waals surface area contributed by atoms with Crippen molar-refractivity contribution in [2.75, 3.05) is 6.54 Å². The van der Waals surface area contributed by atoms with Crippen LogP contribution < -0.4 is 5.73 Å². The topological polar surface area (TPSA) is 30.9 Å². The van der Waals surface area contributed by atoms with E-state index in [0.29, 0.717) is 11.9 Å². The Hall–Kier alpha value is -1.49. The third-order valence-electron chi connectivity index (χ3n) is 2.70. The number of hydrogen-bond donors (Lipinski definition) is 1. The second-order valence-electron chi connectivity index (χ2n) is 3.92. The summed E-state index contributed by atoms with van der Waals surface area (Å²) in [5, 5.41) is 0.608. The molecule has 0 unspecified atom stereocenters. The predicted molar refractivity (Wildman–Crippen MR) is 60.6 cm³/mol. The van der Waals surface area contributed by atoms with Gasteiger partial charge in [0.25, 0.3) is 0 Å². The standard InChI is InChI=1S/C12H13F3N2/c13-12(14,15)10-2-3-11-9(8-10)4-7-17(11)6-1-5-16/h2-4,7-8H,1,5-6,16H2. The Morgan fingerprint density at radius 3 is 2.59 bits per heavy atom. The van der Waals surface area contributed by atoms with Gasteiger partial charge in [-0.3, -0.25) is 0 Å². The fraction of sp³-hybridized carbons (Fsp3) is 0.333. The van der Waals surface area contributed by atoms with Gasteiger partial charge in [0, 0.05) is 23.6 Å². The Bertz CT molecular complexity index is 514. The summed E-state index contributed by atoms with van der Waals surface area (Å²) in [5.74, 6) is 0. The van der Waals surface area contributed by atoms with E-state index in [-0.39, 0.29) is 0 Å². The van der Waals surface area contributed by atoms with Gasteiger partial charge in [-0.05, 0) is 37.2 Å². The molecule has 1 heterocycles. The molecule has 2 N–H and O–H groups in total. The summed E-state index contributed by atoms with van der Waals surface area (Å²) in [4.78, 5) is 0. The molecule has 0 saturated heterocycles. The maximum atomic E-state index is 12.5. The van der Waals surface area contributed by atoms with Gasteiger partial charge < -0.3 is 10.3 Å². The Balaban J connectivity index is 2.38. The number of aryl methyl sites for hydroxylation is 1. The average molecular weight is 242 g/mol. The van der Waals surface area contributed by atoms with Gasteiger partial charge in [0.05, 0.1) is 5.56 Å². The van der Waals surface area contributed by atoms with Crippen LogP contribution in [-0.4, -0.2) is 11.1 Å². The molecule has 0 spiro atoms. The van der Waals surface area contributed by atoms with Crippen molar-refractivity contribution in [2.45, 2.75) is 19.1 Å². The van der Waals surface area contributed by atoms with Crippen molar-refractivity contribution < 1.29 is 13.2 Å². The zero-order chi connectivity index (χ0) is 12.5. The molecule has 17 heavy (non-hydrogen) atoms. The van der Waals surface area contributed by atoms with E-state index in [0.717, 1.165) is 24.5 Å². The first-order valence-electron chi connectivity index (χ1n) is 5.38. The summed E-state index contributed by atoms with van der Waals surface area (Å²) < 4.78 is 39.4. The van der Waals surface area contributed by atoms with Gasteiger partial charge in [-0.1, -0.05) is 0 Å². The minimum atomic E-state index is -4.28. The third-order valence-corrected chi connectivity index (χ3v) is 2.70. The highest BCUT2D eigenvalue weighted by atomic mass is 19.4. The van der Waals surface area contributed by atoms with E-state index >= 15 is 0 Å². The average Bonchev–Trinajstić information content (AvgIpc) is 2.67. The van der Waals surface area contributed by atoms with Crippen molar-refractivity contribution in [3.63, 3.8) is 0 Å². The minimum absolute atomic E-state index is 0.570.